The van der Waals surface area contributed by atoms with Gasteiger partial charge in [0.25, 0.3) is 5.91 Å². The van der Waals surface area contributed by atoms with Crippen LogP contribution in [0.15, 0.2) is 6.07 Å². The minimum atomic E-state index is -0.561. The molecular formula is C19H29IN4O4. The molecule has 1 aromatic rings. The zero-order valence-electron chi connectivity index (χ0n) is 16.8. The van der Waals surface area contributed by atoms with E-state index in [1.807, 2.05) is 27.7 Å². The largest absolute Gasteiger partial charge is 0.477 e. The second kappa shape index (κ2) is 9.62. The fourth-order valence-corrected chi connectivity index (χ4v) is 3.63. The first-order valence-corrected chi connectivity index (χ1v) is 10.6. The number of carbonyl (C=O) groups is 2. The van der Waals surface area contributed by atoms with E-state index in [2.05, 4.69) is 38.2 Å². The van der Waals surface area contributed by atoms with Gasteiger partial charge in [0.2, 0.25) is 5.88 Å². The van der Waals surface area contributed by atoms with Gasteiger partial charge in [-0.2, -0.15) is 4.98 Å². The molecule has 28 heavy (non-hydrogen) atoms. The molecule has 9 heteroatoms. The number of rotatable bonds is 6. The third-order valence-corrected chi connectivity index (χ3v) is 5.10. The summed E-state index contributed by atoms with van der Waals surface area (Å²) in [5.74, 6) is 0.366. The van der Waals surface area contributed by atoms with Gasteiger partial charge in [-0.1, -0.05) is 0 Å². The van der Waals surface area contributed by atoms with E-state index in [9.17, 15) is 9.59 Å². The summed E-state index contributed by atoms with van der Waals surface area (Å²) in [5.41, 5.74) is 5.19. The quantitative estimate of drug-likeness (QED) is 0.512. The summed E-state index contributed by atoms with van der Waals surface area (Å²) >= 11 is 2.13. The molecule has 0 bridgehead atoms. The Balaban J connectivity index is 1.95. The zero-order chi connectivity index (χ0) is 20.9. The number of alkyl carbamates (subject to hydrolysis) is 1. The van der Waals surface area contributed by atoms with Gasteiger partial charge in [0.1, 0.15) is 17.0 Å². The maximum Gasteiger partial charge on any atom is 0.407 e. The van der Waals surface area contributed by atoms with Crippen LogP contribution in [0.5, 0.6) is 5.88 Å². The highest BCUT2D eigenvalue weighted by atomic mass is 127. The monoisotopic (exact) mass is 504 g/mol. The maximum atomic E-state index is 11.9. The van der Waals surface area contributed by atoms with Crippen LogP contribution in [0.2, 0.25) is 0 Å². The molecule has 1 aliphatic rings. The zero-order valence-corrected chi connectivity index (χ0v) is 19.0. The van der Waals surface area contributed by atoms with E-state index in [0.29, 0.717) is 12.4 Å². The molecule has 1 aliphatic carbocycles. The molecule has 1 heterocycles. The van der Waals surface area contributed by atoms with E-state index < -0.39 is 11.5 Å². The highest BCUT2D eigenvalue weighted by molar-refractivity contribution is 14.1. The SMILES string of the molecule is CCOc1nc(NC2CCC(NC(=O)OC(C)(C)C)CC2)c(I)cc1C(N)=O. The highest BCUT2D eigenvalue weighted by Gasteiger charge is 2.26. The van der Waals surface area contributed by atoms with Crippen LogP contribution < -0.4 is 21.1 Å². The number of carbonyl (C=O) groups excluding carboxylic acids is 2. The third-order valence-electron chi connectivity index (χ3n) is 4.28. The Labute approximate surface area is 179 Å². The molecule has 0 radical (unpaired) electrons. The Morgan fingerprint density at radius 3 is 2.39 bits per heavy atom. The average molecular weight is 504 g/mol. The van der Waals surface area contributed by atoms with Crippen molar-refractivity contribution in [1.82, 2.24) is 10.3 Å². The number of nitrogens with two attached hydrogens (primary N) is 1. The van der Waals surface area contributed by atoms with E-state index >= 15 is 0 Å². The molecule has 0 aromatic carbocycles. The van der Waals surface area contributed by atoms with Gasteiger partial charge in [0, 0.05) is 12.1 Å². The Hall–Kier alpha value is -1.78. The van der Waals surface area contributed by atoms with E-state index in [1.165, 1.54) is 0 Å². The van der Waals surface area contributed by atoms with Gasteiger partial charge < -0.3 is 25.8 Å². The molecular weight excluding hydrogens is 475 g/mol. The summed E-state index contributed by atoms with van der Waals surface area (Å²) in [6.45, 7) is 7.78. The number of hydrogen-bond donors (Lipinski definition) is 3. The number of amides is 2. The van der Waals surface area contributed by atoms with Crippen LogP contribution in [-0.4, -0.2) is 41.3 Å². The molecule has 4 N–H and O–H groups in total. The summed E-state index contributed by atoms with van der Waals surface area (Å²) < 4.78 is 11.6. The second-order valence-electron chi connectivity index (χ2n) is 7.81. The normalized spacial score (nSPS) is 19.6. The van der Waals surface area contributed by atoms with Gasteiger partial charge >= 0.3 is 6.09 Å². The van der Waals surface area contributed by atoms with Crippen LogP contribution >= 0.6 is 22.6 Å². The van der Waals surface area contributed by atoms with Gasteiger partial charge in [-0.15, -0.1) is 0 Å². The van der Waals surface area contributed by atoms with Crippen molar-refractivity contribution >= 4 is 40.4 Å². The Morgan fingerprint density at radius 1 is 1.25 bits per heavy atom. The molecule has 0 spiro atoms. The molecule has 2 rings (SSSR count). The molecule has 8 nitrogen and oxygen atoms in total. The van der Waals surface area contributed by atoms with Gasteiger partial charge in [-0.25, -0.2) is 4.79 Å². The Morgan fingerprint density at radius 2 is 1.86 bits per heavy atom. The van der Waals surface area contributed by atoms with Crippen molar-refractivity contribution in [2.24, 2.45) is 5.73 Å². The molecule has 0 saturated heterocycles. The lowest BCUT2D eigenvalue weighted by molar-refractivity contribution is 0.0492. The summed E-state index contributed by atoms with van der Waals surface area (Å²) in [6.07, 6.45) is 3.11. The van der Waals surface area contributed by atoms with Crippen LogP contribution in [0.4, 0.5) is 10.6 Å². The number of pyridine rings is 1. The summed E-state index contributed by atoms with van der Waals surface area (Å²) in [4.78, 5) is 28.0. The Bertz CT molecular complexity index is 713. The minimum absolute atomic E-state index is 0.108. The molecule has 0 aliphatic heterocycles. The fraction of sp³-hybridized carbons (Fsp3) is 0.632. The number of anilines is 1. The Kier molecular flexibility index (Phi) is 7.73. The van der Waals surface area contributed by atoms with E-state index in [1.54, 1.807) is 6.07 Å². The predicted octanol–water partition coefficient (Wildman–Crippen LogP) is 3.43. The van der Waals surface area contributed by atoms with Crippen molar-refractivity contribution in [2.75, 3.05) is 11.9 Å². The fourth-order valence-electron chi connectivity index (χ4n) is 3.05. The molecule has 0 atom stereocenters. The molecule has 0 unspecified atom stereocenters. The summed E-state index contributed by atoms with van der Waals surface area (Å²) in [5, 5.41) is 6.37. The summed E-state index contributed by atoms with van der Waals surface area (Å²) in [6, 6.07) is 2.03. The van der Waals surface area contributed by atoms with Crippen LogP contribution in [-0.2, 0) is 4.74 Å². The summed E-state index contributed by atoms with van der Waals surface area (Å²) in [7, 11) is 0. The first-order valence-electron chi connectivity index (χ1n) is 9.48. The van der Waals surface area contributed by atoms with Crippen molar-refractivity contribution in [3.8, 4) is 5.88 Å². The van der Waals surface area contributed by atoms with Gasteiger partial charge in [-0.3, -0.25) is 4.79 Å². The minimum Gasteiger partial charge on any atom is -0.477 e. The second-order valence-corrected chi connectivity index (χ2v) is 8.97. The maximum absolute atomic E-state index is 11.9. The van der Waals surface area contributed by atoms with Crippen molar-refractivity contribution in [2.45, 2.75) is 71.1 Å². The number of aromatic nitrogens is 1. The smallest absolute Gasteiger partial charge is 0.407 e. The van der Waals surface area contributed by atoms with Gasteiger partial charge in [-0.05, 0) is 82.0 Å². The number of hydrogen-bond acceptors (Lipinski definition) is 6. The van der Waals surface area contributed by atoms with Crippen LogP contribution in [0.1, 0.15) is 63.7 Å². The van der Waals surface area contributed by atoms with Crippen molar-refractivity contribution < 1.29 is 19.1 Å². The lowest BCUT2D eigenvalue weighted by Crippen LogP contribution is -2.42. The lowest BCUT2D eigenvalue weighted by atomic mass is 9.91. The number of halogens is 1. The highest BCUT2D eigenvalue weighted by Crippen LogP contribution is 2.28. The van der Waals surface area contributed by atoms with Gasteiger partial charge in [0.15, 0.2) is 0 Å². The van der Waals surface area contributed by atoms with Crippen molar-refractivity contribution in [1.29, 1.82) is 0 Å². The molecule has 1 aromatic heterocycles. The number of nitrogens with one attached hydrogen (secondary N) is 2. The number of primary amides is 1. The standard InChI is InChI=1S/C19H29IN4O4/c1-5-27-17-13(15(21)25)10-14(20)16(24-17)22-11-6-8-12(9-7-11)23-18(26)28-19(2,3)4/h10-12H,5-9H2,1-4H3,(H2,21,25)(H,22,24)(H,23,26). The number of nitrogens with zero attached hydrogens (tertiary/aromatic N) is 1. The first-order chi connectivity index (χ1) is 13.1. The van der Waals surface area contributed by atoms with E-state index in [4.69, 9.17) is 15.2 Å². The molecule has 1 fully saturated rings. The number of ether oxygens (including phenoxy) is 2. The molecule has 1 saturated carbocycles. The van der Waals surface area contributed by atoms with E-state index in [0.717, 1.165) is 29.3 Å². The molecule has 2 amide bonds. The van der Waals surface area contributed by atoms with Gasteiger partial charge in [0.05, 0.1) is 10.2 Å². The average Bonchev–Trinajstić information content (AvgIpc) is 2.57. The van der Waals surface area contributed by atoms with Crippen molar-refractivity contribution in [3.05, 3.63) is 15.2 Å². The third kappa shape index (κ3) is 6.68. The predicted molar refractivity (Wildman–Crippen MR) is 116 cm³/mol. The van der Waals surface area contributed by atoms with E-state index in [-0.39, 0.29) is 29.6 Å². The lowest BCUT2D eigenvalue weighted by Gasteiger charge is -2.31. The first kappa shape index (κ1) is 22.5. The van der Waals surface area contributed by atoms with Crippen LogP contribution in [0, 0.1) is 3.57 Å². The topological polar surface area (TPSA) is 116 Å². The van der Waals surface area contributed by atoms with Crippen LogP contribution in [0.3, 0.4) is 0 Å². The van der Waals surface area contributed by atoms with Crippen LogP contribution in [0.25, 0.3) is 0 Å². The molecule has 156 valence electrons. The van der Waals surface area contributed by atoms with Crippen molar-refractivity contribution in [3.63, 3.8) is 0 Å².